The first-order chi connectivity index (χ1) is 16.1. The maximum Gasteiger partial charge on any atom is 0.271 e. The van der Waals surface area contributed by atoms with Gasteiger partial charge in [-0.3, -0.25) is 19.5 Å². The summed E-state index contributed by atoms with van der Waals surface area (Å²) in [4.78, 5) is 23.7. The lowest BCUT2D eigenvalue weighted by atomic mass is 10.2. The molecule has 0 saturated heterocycles. The topological polar surface area (TPSA) is 128 Å². The molecule has 2 aromatic heterocycles. The van der Waals surface area contributed by atoms with E-state index >= 15 is 0 Å². The van der Waals surface area contributed by atoms with E-state index in [1.807, 2.05) is 11.5 Å². The number of aromatic nitrogens is 3. The van der Waals surface area contributed by atoms with Gasteiger partial charge in [0, 0.05) is 34.7 Å². The average molecular weight is 462 g/mol. The number of carbonyl (C=O) groups excluding carboxylic acids is 1. The summed E-state index contributed by atoms with van der Waals surface area (Å²) < 4.78 is 7.31. The zero-order valence-electron chi connectivity index (χ0n) is 17.4. The Bertz CT molecular complexity index is 1300. The number of amides is 1. The number of hydrogen-bond donors (Lipinski definition) is 1. The maximum absolute atomic E-state index is 12.2. The third kappa shape index (κ3) is 4.99. The Morgan fingerprint density at radius 3 is 2.73 bits per heavy atom. The number of hydrazone groups is 1. The summed E-state index contributed by atoms with van der Waals surface area (Å²) in [5, 5.41) is 24.3. The Hall–Kier alpha value is -4.25. The molecule has 4 rings (SSSR count). The van der Waals surface area contributed by atoms with E-state index in [0.29, 0.717) is 39.3 Å². The zero-order chi connectivity index (χ0) is 23.2. The van der Waals surface area contributed by atoms with E-state index in [2.05, 4.69) is 20.7 Å². The van der Waals surface area contributed by atoms with Crippen LogP contribution in [0.15, 0.2) is 86.5 Å². The van der Waals surface area contributed by atoms with Crippen molar-refractivity contribution in [3.05, 3.63) is 88.2 Å². The lowest BCUT2D eigenvalue weighted by molar-refractivity contribution is -0.384. The van der Waals surface area contributed by atoms with Crippen LogP contribution in [-0.4, -0.2) is 31.8 Å². The highest BCUT2D eigenvalue weighted by atomic mass is 32.2. The lowest BCUT2D eigenvalue weighted by Gasteiger charge is -2.08. The quantitative estimate of drug-likeness (QED) is 0.234. The Kier molecular flexibility index (Phi) is 6.60. The molecule has 4 aromatic rings. The van der Waals surface area contributed by atoms with Crippen molar-refractivity contribution in [3.8, 4) is 11.6 Å². The molecule has 0 saturated carbocycles. The first-order valence-electron chi connectivity index (χ1n) is 9.88. The van der Waals surface area contributed by atoms with E-state index in [0.717, 1.165) is 0 Å². The molecular formula is C22H18N6O4S. The number of non-ortho nitro benzene ring substituents is 1. The van der Waals surface area contributed by atoms with E-state index < -0.39 is 4.92 Å². The smallest absolute Gasteiger partial charge is 0.271 e. The molecule has 0 bridgehead atoms. The van der Waals surface area contributed by atoms with Crippen molar-refractivity contribution in [2.75, 3.05) is 0 Å². The predicted molar refractivity (Wildman–Crippen MR) is 122 cm³/mol. The monoisotopic (exact) mass is 462 g/mol. The highest BCUT2D eigenvalue weighted by Crippen LogP contribution is 2.33. The van der Waals surface area contributed by atoms with Gasteiger partial charge in [0.1, 0.15) is 0 Å². The van der Waals surface area contributed by atoms with Crippen LogP contribution in [0, 0.1) is 10.1 Å². The summed E-state index contributed by atoms with van der Waals surface area (Å²) in [6.07, 6.45) is 2.93. The minimum atomic E-state index is -0.488. The third-order valence-corrected chi connectivity index (χ3v) is 5.66. The molecule has 11 heteroatoms. The van der Waals surface area contributed by atoms with E-state index in [1.54, 1.807) is 54.8 Å². The van der Waals surface area contributed by atoms with E-state index in [-0.39, 0.29) is 11.6 Å². The van der Waals surface area contributed by atoms with Crippen LogP contribution in [0.5, 0.6) is 0 Å². The minimum absolute atomic E-state index is 0.0941. The van der Waals surface area contributed by atoms with Gasteiger partial charge in [0.25, 0.3) is 11.6 Å². The fourth-order valence-electron chi connectivity index (χ4n) is 2.99. The number of nitrogens with zero attached hydrogens (tertiary/aromatic N) is 5. The molecule has 1 N–H and O–H groups in total. The fourth-order valence-corrected chi connectivity index (χ4v) is 3.96. The highest BCUT2D eigenvalue weighted by molar-refractivity contribution is 7.99. The van der Waals surface area contributed by atoms with Gasteiger partial charge in [0.2, 0.25) is 0 Å². The number of rotatable bonds is 8. The van der Waals surface area contributed by atoms with E-state index in [9.17, 15) is 14.9 Å². The average Bonchev–Trinajstić information content (AvgIpc) is 3.50. The molecule has 0 unspecified atom stereocenters. The van der Waals surface area contributed by atoms with Crippen molar-refractivity contribution in [2.24, 2.45) is 5.10 Å². The van der Waals surface area contributed by atoms with Crippen molar-refractivity contribution in [2.45, 2.75) is 23.5 Å². The Morgan fingerprint density at radius 1 is 1.21 bits per heavy atom. The molecule has 1 amide bonds. The molecule has 10 nitrogen and oxygen atoms in total. The molecule has 0 spiro atoms. The number of nitro benzene ring substituents is 1. The fraction of sp³-hybridized carbons (Fsp3) is 0.0909. The van der Waals surface area contributed by atoms with Gasteiger partial charge in [0.15, 0.2) is 16.7 Å². The van der Waals surface area contributed by atoms with Crippen molar-refractivity contribution in [3.63, 3.8) is 0 Å². The van der Waals surface area contributed by atoms with Crippen molar-refractivity contribution in [1.29, 1.82) is 0 Å². The molecule has 0 atom stereocenters. The van der Waals surface area contributed by atoms with E-state index in [1.165, 1.54) is 30.1 Å². The molecule has 166 valence electrons. The van der Waals surface area contributed by atoms with Crippen LogP contribution in [0.3, 0.4) is 0 Å². The molecule has 0 fully saturated rings. The van der Waals surface area contributed by atoms with E-state index in [4.69, 9.17) is 4.42 Å². The number of nitro groups is 1. The molecule has 2 aromatic carbocycles. The molecule has 0 radical (unpaired) electrons. The summed E-state index contributed by atoms with van der Waals surface area (Å²) in [5.41, 5.74) is 3.24. The van der Waals surface area contributed by atoms with Crippen LogP contribution in [0.4, 0.5) is 5.69 Å². The number of hydrogen-bond acceptors (Lipinski definition) is 8. The minimum Gasteiger partial charge on any atom is -0.461 e. The number of carbonyl (C=O) groups is 1. The SMILES string of the molecule is CCn1c(Sc2ccc([N+](=O)[O-])cc2/C=N\NC(=O)c2ccccc2)nnc1-c1ccco1. The van der Waals surface area contributed by atoms with Crippen LogP contribution in [0.25, 0.3) is 11.6 Å². The number of benzene rings is 2. The second kappa shape index (κ2) is 9.92. The van der Waals surface area contributed by atoms with Gasteiger partial charge in [0.05, 0.1) is 17.4 Å². The molecular weight excluding hydrogens is 444 g/mol. The summed E-state index contributed by atoms with van der Waals surface area (Å²) in [6, 6.07) is 16.6. The summed E-state index contributed by atoms with van der Waals surface area (Å²) in [7, 11) is 0. The van der Waals surface area contributed by atoms with Gasteiger partial charge < -0.3 is 4.42 Å². The van der Waals surface area contributed by atoms with Gasteiger partial charge in [-0.25, -0.2) is 5.43 Å². The molecule has 33 heavy (non-hydrogen) atoms. The molecule has 2 heterocycles. The largest absolute Gasteiger partial charge is 0.461 e. The third-order valence-electron chi connectivity index (χ3n) is 4.59. The zero-order valence-corrected chi connectivity index (χ0v) is 18.2. The summed E-state index contributed by atoms with van der Waals surface area (Å²) >= 11 is 1.28. The van der Waals surface area contributed by atoms with Crippen LogP contribution in [-0.2, 0) is 6.54 Å². The molecule has 0 aliphatic heterocycles. The Balaban J connectivity index is 1.61. The van der Waals surface area contributed by atoms with Gasteiger partial charge in [-0.1, -0.05) is 18.2 Å². The van der Waals surface area contributed by atoms with Gasteiger partial charge in [-0.2, -0.15) is 5.10 Å². The standard InChI is InChI=1S/C22H18N6O4S/c1-2-27-20(18-9-6-12-32-18)24-26-22(27)33-19-11-10-17(28(30)31)13-16(19)14-23-25-21(29)15-7-4-3-5-8-15/h3-14H,2H2,1H3,(H,25,29)/b23-14-. The van der Waals surface area contributed by atoms with Crippen LogP contribution in [0.1, 0.15) is 22.8 Å². The Labute approximate surface area is 192 Å². The first-order valence-corrected chi connectivity index (χ1v) is 10.7. The molecule has 0 aliphatic carbocycles. The van der Waals surface area contributed by atoms with Gasteiger partial charge in [-0.15, -0.1) is 10.2 Å². The predicted octanol–water partition coefficient (Wildman–Crippen LogP) is 4.38. The van der Waals surface area contributed by atoms with Gasteiger partial charge >= 0.3 is 0 Å². The second-order valence-electron chi connectivity index (χ2n) is 6.67. The van der Waals surface area contributed by atoms with Crippen molar-refractivity contribution in [1.82, 2.24) is 20.2 Å². The highest BCUT2D eigenvalue weighted by Gasteiger charge is 2.18. The lowest BCUT2D eigenvalue weighted by Crippen LogP contribution is -2.17. The molecule has 0 aliphatic rings. The maximum atomic E-state index is 12.2. The van der Waals surface area contributed by atoms with Crippen molar-refractivity contribution >= 4 is 29.6 Å². The first kappa shape index (κ1) is 22.0. The van der Waals surface area contributed by atoms with Crippen LogP contribution < -0.4 is 5.43 Å². The summed E-state index contributed by atoms with van der Waals surface area (Å²) in [5.74, 6) is 0.780. The van der Waals surface area contributed by atoms with Crippen LogP contribution in [0.2, 0.25) is 0 Å². The normalized spacial score (nSPS) is 11.1. The summed E-state index contributed by atoms with van der Waals surface area (Å²) in [6.45, 7) is 2.55. The van der Waals surface area contributed by atoms with Crippen molar-refractivity contribution < 1.29 is 14.1 Å². The number of furan rings is 1. The second-order valence-corrected chi connectivity index (χ2v) is 7.68. The number of nitrogens with one attached hydrogen (secondary N) is 1. The Morgan fingerprint density at radius 2 is 2.03 bits per heavy atom. The van der Waals surface area contributed by atoms with Crippen LogP contribution >= 0.6 is 11.8 Å². The van der Waals surface area contributed by atoms with Gasteiger partial charge in [-0.05, 0) is 49.0 Å².